The lowest BCUT2D eigenvalue weighted by Gasteiger charge is -2.19. The molecule has 11 aromatic rings. The average molecular weight is 780 g/mol. The second-order valence-corrected chi connectivity index (χ2v) is 15.2. The van der Waals surface area contributed by atoms with E-state index in [2.05, 4.69) is 158 Å². The zero-order chi connectivity index (χ0) is 40.5. The smallest absolute Gasteiger partial charge is 0.164 e. The Labute approximate surface area is 354 Å². The highest BCUT2D eigenvalue weighted by atomic mass is 16.3. The highest BCUT2D eigenvalue weighted by Crippen LogP contribution is 2.46. The molecule has 9 aromatic carbocycles. The second kappa shape index (κ2) is 15.5. The normalized spacial score (nSPS) is 11.3. The zero-order valence-electron chi connectivity index (χ0n) is 33.1. The lowest BCUT2D eigenvalue weighted by atomic mass is 9.84. The summed E-state index contributed by atoms with van der Waals surface area (Å²) in [4.78, 5) is 14.7. The van der Waals surface area contributed by atoms with E-state index in [0.29, 0.717) is 17.5 Å². The summed E-state index contributed by atoms with van der Waals surface area (Å²) >= 11 is 0. The predicted octanol–water partition coefficient (Wildman–Crippen LogP) is 15.1. The number of hydrogen-bond acceptors (Lipinski definition) is 4. The fraction of sp³-hybridized carbons (Fsp3) is 0. The number of benzene rings is 9. The van der Waals surface area contributed by atoms with Crippen LogP contribution in [0.15, 0.2) is 229 Å². The van der Waals surface area contributed by atoms with Crippen molar-refractivity contribution < 1.29 is 4.42 Å². The van der Waals surface area contributed by atoms with E-state index in [4.69, 9.17) is 19.4 Å². The third-order valence-electron chi connectivity index (χ3n) is 11.4. The van der Waals surface area contributed by atoms with Gasteiger partial charge >= 0.3 is 0 Å². The SMILES string of the molecule is c1ccc(-c2cc(-c3ccc(-c4ccc(-c5nc(-c6ccccc6)nc(-c6ccccc6)n5)cc4)cc3)c(-c3ccccc3)c(-c3cccc4c3oc3ccccc34)c2)cc1. The van der Waals surface area contributed by atoms with Crippen molar-refractivity contribution in [2.45, 2.75) is 0 Å². The number of fused-ring (bicyclic) bond motifs is 3. The van der Waals surface area contributed by atoms with Crippen LogP contribution in [0.3, 0.4) is 0 Å². The fourth-order valence-electron chi connectivity index (χ4n) is 8.35. The monoisotopic (exact) mass is 779 g/mol. The van der Waals surface area contributed by atoms with Crippen molar-refractivity contribution in [1.29, 1.82) is 0 Å². The Kier molecular flexibility index (Phi) is 9.14. The Morgan fingerprint density at radius 2 is 0.672 bits per heavy atom. The van der Waals surface area contributed by atoms with Crippen molar-refractivity contribution in [3.8, 4) is 89.8 Å². The molecule has 11 rings (SSSR count). The highest BCUT2D eigenvalue weighted by Gasteiger charge is 2.21. The molecular formula is C57H37N3O. The van der Waals surface area contributed by atoms with E-state index in [0.717, 1.165) is 94.3 Å². The van der Waals surface area contributed by atoms with Gasteiger partial charge in [-0.25, -0.2) is 15.0 Å². The summed E-state index contributed by atoms with van der Waals surface area (Å²) < 4.78 is 6.66. The number of para-hydroxylation sites is 2. The first-order valence-electron chi connectivity index (χ1n) is 20.5. The molecule has 0 atom stereocenters. The molecule has 4 nitrogen and oxygen atoms in total. The minimum Gasteiger partial charge on any atom is -0.455 e. The first kappa shape index (κ1) is 35.9. The van der Waals surface area contributed by atoms with Gasteiger partial charge in [0.25, 0.3) is 0 Å². The van der Waals surface area contributed by atoms with Crippen molar-refractivity contribution in [3.05, 3.63) is 224 Å². The molecule has 0 fully saturated rings. The molecule has 0 bridgehead atoms. The summed E-state index contributed by atoms with van der Waals surface area (Å²) in [6.07, 6.45) is 0. The molecule has 0 amide bonds. The number of furan rings is 1. The molecule has 0 saturated carbocycles. The molecule has 2 heterocycles. The zero-order valence-corrected chi connectivity index (χ0v) is 33.1. The van der Waals surface area contributed by atoms with Gasteiger partial charge in [0, 0.05) is 33.0 Å². The topological polar surface area (TPSA) is 51.8 Å². The van der Waals surface area contributed by atoms with E-state index in [9.17, 15) is 0 Å². The van der Waals surface area contributed by atoms with E-state index in [-0.39, 0.29) is 0 Å². The maximum absolute atomic E-state index is 6.66. The van der Waals surface area contributed by atoms with E-state index in [1.54, 1.807) is 0 Å². The van der Waals surface area contributed by atoms with Crippen LogP contribution in [0.25, 0.3) is 112 Å². The summed E-state index contributed by atoms with van der Waals surface area (Å²) in [6, 6.07) is 78.4. The molecular weight excluding hydrogens is 743 g/mol. The maximum atomic E-state index is 6.66. The minimum absolute atomic E-state index is 0.635. The van der Waals surface area contributed by atoms with Crippen LogP contribution in [0.5, 0.6) is 0 Å². The van der Waals surface area contributed by atoms with Gasteiger partial charge in [-0.2, -0.15) is 0 Å². The van der Waals surface area contributed by atoms with Crippen LogP contribution < -0.4 is 0 Å². The van der Waals surface area contributed by atoms with Gasteiger partial charge in [-0.3, -0.25) is 0 Å². The number of hydrogen-bond donors (Lipinski definition) is 0. The lowest BCUT2D eigenvalue weighted by molar-refractivity contribution is 0.670. The molecule has 0 radical (unpaired) electrons. The molecule has 0 spiro atoms. The van der Waals surface area contributed by atoms with Crippen LogP contribution in [0, 0.1) is 0 Å². The van der Waals surface area contributed by atoms with Gasteiger partial charge < -0.3 is 4.42 Å². The Morgan fingerprint density at radius 1 is 0.262 bits per heavy atom. The van der Waals surface area contributed by atoms with E-state index < -0.39 is 0 Å². The standard InChI is InChI=1S/C57H37N3O/c1-5-16-38(17-6-1)46-36-50(53(42-18-7-2-8-19-42)51(37-46)49-26-15-25-48-47-24-13-14-27-52(47)61-54(48)49)41-32-28-39(29-33-41)40-30-34-45(35-31-40)57-59-55(43-20-9-3-10-21-43)58-56(60-57)44-22-11-4-12-23-44/h1-37H. The maximum Gasteiger partial charge on any atom is 0.164 e. The highest BCUT2D eigenvalue weighted by molar-refractivity contribution is 6.12. The van der Waals surface area contributed by atoms with Gasteiger partial charge in [0.05, 0.1) is 0 Å². The van der Waals surface area contributed by atoms with Gasteiger partial charge in [-0.15, -0.1) is 0 Å². The van der Waals surface area contributed by atoms with Crippen molar-refractivity contribution in [3.63, 3.8) is 0 Å². The van der Waals surface area contributed by atoms with Crippen LogP contribution in [0.4, 0.5) is 0 Å². The molecule has 4 heteroatoms. The van der Waals surface area contributed by atoms with Crippen LogP contribution in [0.1, 0.15) is 0 Å². The predicted molar refractivity (Wildman–Crippen MR) is 251 cm³/mol. The summed E-state index contributed by atoms with van der Waals surface area (Å²) in [6.45, 7) is 0. The number of rotatable bonds is 8. The summed E-state index contributed by atoms with van der Waals surface area (Å²) in [5.74, 6) is 1.93. The molecule has 0 N–H and O–H groups in total. The Hall–Kier alpha value is -8.21. The Bertz CT molecular complexity index is 3250. The first-order valence-corrected chi connectivity index (χ1v) is 20.5. The molecule has 0 unspecified atom stereocenters. The summed E-state index contributed by atoms with van der Waals surface area (Å²) in [5, 5.41) is 2.23. The molecule has 61 heavy (non-hydrogen) atoms. The van der Waals surface area contributed by atoms with Gasteiger partial charge in [0.1, 0.15) is 11.2 Å². The van der Waals surface area contributed by atoms with Crippen LogP contribution in [-0.4, -0.2) is 15.0 Å². The van der Waals surface area contributed by atoms with Crippen LogP contribution >= 0.6 is 0 Å². The third-order valence-corrected chi connectivity index (χ3v) is 11.4. The largest absolute Gasteiger partial charge is 0.455 e. The van der Waals surface area contributed by atoms with Crippen LogP contribution in [-0.2, 0) is 0 Å². The molecule has 2 aromatic heterocycles. The molecule has 0 aliphatic heterocycles. The minimum atomic E-state index is 0.635. The lowest BCUT2D eigenvalue weighted by Crippen LogP contribution is -2.00. The Morgan fingerprint density at radius 3 is 1.25 bits per heavy atom. The molecule has 0 aliphatic carbocycles. The van der Waals surface area contributed by atoms with Crippen LogP contribution in [0.2, 0.25) is 0 Å². The number of aromatic nitrogens is 3. The average Bonchev–Trinajstić information content (AvgIpc) is 3.74. The fourth-order valence-corrected chi connectivity index (χ4v) is 8.35. The third kappa shape index (κ3) is 6.86. The van der Waals surface area contributed by atoms with Gasteiger partial charge in [-0.1, -0.05) is 206 Å². The van der Waals surface area contributed by atoms with Crippen molar-refractivity contribution in [1.82, 2.24) is 15.0 Å². The van der Waals surface area contributed by atoms with E-state index >= 15 is 0 Å². The van der Waals surface area contributed by atoms with E-state index in [1.807, 2.05) is 66.7 Å². The number of nitrogens with zero attached hydrogens (tertiary/aromatic N) is 3. The van der Waals surface area contributed by atoms with Gasteiger partial charge in [-0.05, 0) is 68.3 Å². The molecule has 286 valence electrons. The van der Waals surface area contributed by atoms with Crippen molar-refractivity contribution >= 4 is 21.9 Å². The summed E-state index contributed by atoms with van der Waals surface area (Å²) in [7, 11) is 0. The first-order chi connectivity index (χ1) is 30.2. The van der Waals surface area contributed by atoms with Crippen molar-refractivity contribution in [2.24, 2.45) is 0 Å². The molecule has 0 aliphatic rings. The second-order valence-electron chi connectivity index (χ2n) is 15.2. The summed E-state index contributed by atoms with van der Waals surface area (Å²) in [5.41, 5.74) is 15.9. The van der Waals surface area contributed by atoms with Gasteiger partial charge in [0.15, 0.2) is 17.5 Å². The van der Waals surface area contributed by atoms with Crippen molar-refractivity contribution in [2.75, 3.05) is 0 Å². The van der Waals surface area contributed by atoms with Gasteiger partial charge in [0.2, 0.25) is 0 Å². The quantitative estimate of drug-likeness (QED) is 0.154. The van der Waals surface area contributed by atoms with E-state index in [1.165, 1.54) is 0 Å². The molecule has 0 saturated heterocycles. The Balaban J connectivity index is 1.02.